The molecule has 0 aromatic heterocycles. The molecule has 3 N–H and O–H groups in total. The molecule has 0 bridgehead atoms. The number of carboxylic acid groups (broad SMARTS) is 1. The second-order valence-corrected chi connectivity index (χ2v) is 2.61. The minimum Gasteiger partial charge on any atom is -0.478 e. The molecule has 4 nitrogen and oxygen atoms in total. The first kappa shape index (κ1) is 10.4. The molecule has 66 valence electrons. The maximum absolute atomic E-state index is 10.4. The largest absolute Gasteiger partial charge is 0.478 e. The molecular weight excluding hydrogens is 146 g/mol. The van der Waals surface area contributed by atoms with Crippen molar-refractivity contribution in [3.63, 3.8) is 0 Å². The third-order valence-electron chi connectivity index (χ3n) is 1.32. The van der Waals surface area contributed by atoms with Gasteiger partial charge in [0.15, 0.2) is 0 Å². The Balaban J connectivity index is 3.64. The predicted molar refractivity (Wildman–Crippen MR) is 41.1 cm³/mol. The fraction of sp³-hybridized carbons (Fsp3) is 0.857. The van der Waals surface area contributed by atoms with E-state index < -0.39 is 11.7 Å². The molecule has 0 fully saturated rings. The van der Waals surface area contributed by atoms with Gasteiger partial charge < -0.3 is 9.84 Å². The maximum atomic E-state index is 10.4. The van der Waals surface area contributed by atoms with Crippen molar-refractivity contribution in [3.05, 3.63) is 0 Å². The zero-order valence-electron chi connectivity index (χ0n) is 6.96. The van der Waals surface area contributed by atoms with E-state index in [2.05, 4.69) is 0 Å². The van der Waals surface area contributed by atoms with Crippen LogP contribution >= 0.6 is 0 Å². The van der Waals surface area contributed by atoms with Crippen molar-refractivity contribution < 1.29 is 14.6 Å². The van der Waals surface area contributed by atoms with Gasteiger partial charge in [-0.25, -0.2) is 4.79 Å². The van der Waals surface area contributed by atoms with E-state index in [1.54, 1.807) is 0 Å². The van der Waals surface area contributed by atoms with Gasteiger partial charge in [-0.2, -0.15) is 0 Å². The van der Waals surface area contributed by atoms with E-state index in [0.717, 1.165) is 12.8 Å². The Hall–Kier alpha value is -0.610. The molecule has 1 atom stereocenters. The average Bonchev–Trinajstić information content (AvgIpc) is 1.88. The van der Waals surface area contributed by atoms with Crippen molar-refractivity contribution in [1.29, 1.82) is 0 Å². The summed E-state index contributed by atoms with van der Waals surface area (Å²) in [6.07, 6.45) is 1.80. The molecule has 0 amide bonds. The zero-order valence-corrected chi connectivity index (χ0v) is 6.96. The van der Waals surface area contributed by atoms with Crippen LogP contribution in [0.15, 0.2) is 0 Å². The maximum Gasteiger partial charge on any atom is 0.350 e. The van der Waals surface area contributed by atoms with Crippen LogP contribution in [0.4, 0.5) is 0 Å². The van der Waals surface area contributed by atoms with Crippen molar-refractivity contribution in [2.24, 2.45) is 5.73 Å². The van der Waals surface area contributed by atoms with Crippen LogP contribution in [0.2, 0.25) is 0 Å². The van der Waals surface area contributed by atoms with E-state index in [1.165, 1.54) is 6.92 Å². The monoisotopic (exact) mass is 161 g/mol. The highest BCUT2D eigenvalue weighted by Gasteiger charge is 2.28. The van der Waals surface area contributed by atoms with Crippen molar-refractivity contribution in [1.82, 2.24) is 0 Å². The number of hydrogen-bond donors (Lipinski definition) is 2. The molecule has 0 saturated carbocycles. The molecule has 0 aromatic carbocycles. The number of ether oxygens (including phenoxy) is 1. The van der Waals surface area contributed by atoms with Gasteiger partial charge in [0.25, 0.3) is 0 Å². The van der Waals surface area contributed by atoms with E-state index >= 15 is 0 Å². The lowest BCUT2D eigenvalue weighted by Gasteiger charge is -2.19. The predicted octanol–water partition coefficient (Wildman–Crippen LogP) is 0.563. The summed E-state index contributed by atoms with van der Waals surface area (Å²) in [5.74, 6) is -1.13. The summed E-state index contributed by atoms with van der Waals surface area (Å²) in [7, 11) is 0. The lowest BCUT2D eigenvalue weighted by molar-refractivity contribution is -0.163. The number of hydrogen-bond acceptors (Lipinski definition) is 3. The van der Waals surface area contributed by atoms with E-state index in [-0.39, 0.29) is 0 Å². The first-order valence-corrected chi connectivity index (χ1v) is 3.67. The summed E-state index contributed by atoms with van der Waals surface area (Å²) in [6, 6.07) is 0. The fourth-order valence-corrected chi connectivity index (χ4v) is 0.490. The zero-order chi connectivity index (χ0) is 8.91. The van der Waals surface area contributed by atoms with E-state index in [9.17, 15) is 4.79 Å². The number of carboxylic acids is 1. The highest BCUT2D eigenvalue weighted by atomic mass is 16.5. The van der Waals surface area contributed by atoms with Crippen LogP contribution < -0.4 is 5.73 Å². The molecule has 0 aliphatic carbocycles. The van der Waals surface area contributed by atoms with Gasteiger partial charge in [0.05, 0.1) is 0 Å². The van der Waals surface area contributed by atoms with Crippen molar-refractivity contribution >= 4 is 5.97 Å². The first-order chi connectivity index (χ1) is 5.00. The van der Waals surface area contributed by atoms with Gasteiger partial charge in [-0.15, -0.1) is 0 Å². The summed E-state index contributed by atoms with van der Waals surface area (Å²) in [5, 5.41) is 8.49. The molecule has 0 spiro atoms. The molecule has 0 saturated heterocycles. The average molecular weight is 161 g/mol. The summed E-state index contributed by atoms with van der Waals surface area (Å²) in [6.45, 7) is 3.73. The minimum atomic E-state index is -1.53. The van der Waals surface area contributed by atoms with Crippen LogP contribution in [0.3, 0.4) is 0 Å². The fourth-order valence-electron chi connectivity index (χ4n) is 0.490. The number of unbranched alkanes of at least 4 members (excludes halogenated alkanes) is 1. The van der Waals surface area contributed by atoms with Crippen molar-refractivity contribution in [2.75, 3.05) is 6.61 Å². The number of aliphatic carboxylic acids is 1. The number of carbonyl (C=O) groups is 1. The Kier molecular flexibility index (Phi) is 4.07. The second-order valence-electron chi connectivity index (χ2n) is 2.61. The summed E-state index contributed by atoms with van der Waals surface area (Å²) < 4.78 is 4.91. The molecule has 0 aromatic rings. The van der Waals surface area contributed by atoms with Crippen LogP contribution in [0.1, 0.15) is 26.7 Å². The van der Waals surface area contributed by atoms with E-state index in [1.807, 2.05) is 6.92 Å². The Bertz CT molecular complexity index is 134. The number of nitrogens with two attached hydrogens (primary N) is 1. The summed E-state index contributed by atoms with van der Waals surface area (Å²) in [5.41, 5.74) is 3.75. The second kappa shape index (κ2) is 4.31. The van der Waals surface area contributed by atoms with Gasteiger partial charge in [-0.05, 0) is 13.3 Å². The van der Waals surface area contributed by atoms with E-state index in [4.69, 9.17) is 15.6 Å². The van der Waals surface area contributed by atoms with Crippen molar-refractivity contribution in [2.45, 2.75) is 32.4 Å². The van der Waals surface area contributed by atoms with Crippen LogP contribution in [-0.4, -0.2) is 23.4 Å². The number of rotatable bonds is 5. The molecule has 0 rings (SSSR count). The third-order valence-corrected chi connectivity index (χ3v) is 1.32. The van der Waals surface area contributed by atoms with Crippen LogP contribution in [0, 0.1) is 0 Å². The van der Waals surface area contributed by atoms with Gasteiger partial charge in [0, 0.05) is 6.61 Å². The van der Waals surface area contributed by atoms with Crippen molar-refractivity contribution in [3.8, 4) is 0 Å². The Morgan fingerprint density at radius 3 is 2.64 bits per heavy atom. The van der Waals surface area contributed by atoms with Gasteiger partial charge in [-0.1, -0.05) is 13.3 Å². The Morgan fingerprint density at radius 1 is 1.73 bits per heavy atom. The molecule has 4 heteroatoms. The lowest BCUT2D eigenvalue weighted by Crippen LogP contribution is -2.47. The van der Waals surface area contributed by atoms with Gasteiger partial charge in [0.1, 0.15) is 0 Å². The SMILES string of the molecule is CCCCO[C@@](C)(N)C(=O)O. The standard InChI is InChI=1S/C7H15NO3/c1-3-4-5-11-7(2,8)6(9)10/h3-5,8H2,1-2H3,(H,9,10)/t7-/m1/s1. The summed E-state index contributed by atoms with van der Waals surface area (Å²) >= 11 is 0. The highest BCUT2D eigenvalue weighted by Crippen LogP contribution is 2.02. The molecule has 0 aliphatic rings. The highest BCUT2D eigenvalue weighted by molar-refractivity contribution is 5.75. The Morgan fingerprint density at radius 2 is 2.27 bits per heavy atom. The molecule has 0 heterocycles. The van der Waals surface area contributed by atoms with Crippen LogP contribution in [0.25, 0.3) is 0 Å². The molecule has 0 unspecified atom stereocenters. The van der Waals surface area contributed by atoms with E-state index in [0.29, 0.717) is 6.61 Å². The topological polar surface area (TPSA) is 72.5 Å². The van der Waals surface area contributed by atoms with Crippen LogP contribution in [-0.2, 0) is 9.53 Å². The minimum absolute atomic E-state index is 0.399. The van der Waals surface area contributed by atoms with Gasteiger partial charge >= 0.3 is 5.97 Å². The third kappa shape index (κ3) is 3.95. The normalized spacial score (nSPS) is 15.9. The smallest absolute Gasteiger partial charge is 0.350 e. The molecular formula is C7H15NO3. The van der Waals surface area contributed by atoms with Gasteiger partial charge in [-0.3, -0.25) is 5.73 Å². The van der Waals surface area contributed by atoms with Gasteiger partial charge in [0.2, 0.25) is 5.72 Å². The molecule has 0 radical (unpaired) electrons. The Labute approximate surface area is 66.3 Å². The quantitative estimate of drug-likeness (QED) is 0.456. The molecule has 0 aliphatic heterocycles. The summed E-state index contributed by atoms with van der Waals surface area (Å²) in [4.78, 5) is 10.4. The molecule has 11 heavy (non-hydrogen) atoms. The lowest BCUT2D eigenvalue weighted by atomic mass is 10.3. The first-order valence-electron chi connectivity index (χ1n) is 3.67. The van der Waals surface area contributed by atoms with Crippen LogP contribution in [0.5, 0.6) is 0 Å².